The molecule has 0 spiro atoms. The number of carbonyl (C=O) groups excluding carboxylic acids is 1. The Morgan fingerprint density at radius 3 is 2.67 bits per heavy atom. The normalized spacial score (nSPS) is 13.8. The first kappa shape index (κ1) is 16.3. The van der Waals surface area contributed by atoms with E-state index < -0.39 is 5.97 Å². The minimum atomic E-state index is -0.435. The van der Waals surface area contributed by atoms with Crippen LogP contribution in [0.4, 0.5) is 11.4 Å². The Hall–Kier alpha value is -2.57. The fourth-order valence-corrected chi connectivity index (χ4v) is 2.82. The molecule has 1 heterocycles. The van der Waals surface area contributed by atoms with Crippen molar-refractivity contribution >= 4 is 17.3 Å². The maximum atomic E-state index is 11.9. The number of esters is 1. The quantitative estimate of drug-likeness (QED) is 0.673. The van der Waals surface area contributed by atoms with Crippen molar-refractivity contribution in [1.29, 1.82) is 0 Å². The van der Waals surface area contributed by atoms with Gasteiger partial charge >= 0.3 is 5.97 Å². The highest BCUT2D eigenvalue weighted by Gasteiger charge is 2.29. The molecule has 1 aliphatic rings. The Morgan fingerprint density at radius 1 is 1.25 bits per heavy atom. The lowest BCUT2D eigenvalue weighted by atomic mass is 10.1. The van der Waals surface area contributed by atoms with E-state index in [1.807, 2.05) is 48.3 Å². The fourth-order valence-electron chi connectivity index (χ4n) is 2.82. The number of hydroxylamine groups is 1. The van der Waals surface area contributed by atoms with Gasteiger partial charge in [0, 0.05) is 12.2 Å². The van der Waals surface area contributed by atoms with Crippen molar-refractivity contribution in [2.45, 2.75) is 20.1 Å². The molecule has 0 aliphatic carbocycles. The number of benzene rings is 2. The summed E-state index contributed by atoms with van der Waals surface area (Å²) in [6, 6.07) is 13.6. The average Bonchev–Trinajstić information content (AvgIpc) is 2.95. The number of carbonyl (C=O) groups is 1. The van der Waals surface area contributed by atoms with Crippen LogP contribution < -0.4 is 10.7 Å². The van der Waals surface area contributed by atoms with Crippen molar-refractivity contribution in [3.8, 4) is 0 Å². The monoisotopic (exact) mass is 327 g/mol. The van der Waals surface area contributed by atoms with Gasteiger partial charge in [0.15, 0.2) is 0 Å². The van der Waals surface area contributed by atoms with E-state index in [1.54, 1.807) is 11.2 Å². The van der Waals surface area contributed by atoms with Crippen LogP contribution in [0.1, 0.15) is 28.4 Å². The second-order valence-electron chi connectivity index (χ2n) is 5.54. The molecule has 2 aromatic rings. The van der Waals surface area contributed by atoms with E-state index in [9.17, 15) is 4.79 Å². The van der Waals surface area contributed by atoms with Gasteiger partial charge in [0.2, 0.25) is 0 Å². The van der Waals surface area contributed by atoms with Gasteiger partial charge in [-0.1, -0.05) is 35.5 Å². The summed E-state index contributed by atoms with van der Waals surface area (Å²) in [5.74, 6) is -0.435. The highest BCUT2D eigenvalue weighted by atomic mass is 16.7. The molecule has 0 atom stereocenters. The SMILES string of the molecule is CCN1c2cc(C(=O)OC)c(N)cc2CN1OCc1ccccc1. The lowest BCUT2D eigenvalue weighted by Gasteiger charge is -2.28. The van der Waals surface area contributed by atoms with Gasteiger partial charge in [-0.15, -0.1) is 0 Å². The van der Waals surface area contributed by atoms with Gasteiger partial charge in [0.05, 0.1) is 31.5 Å². The predicted octanol–water partition coefficient (Wildman–Crippen LogP) is 2.74. The van der Waals surface area contributed by atoms with Crippen molar-refractivity contribution in [1.82, 2.24) is 5.17 Å². The number of rotatable bonds is 5. The van der Waals surface area contributed by atoms with E-state index in [-0.39, 0.29) is 0 Å². The summed E-state index contributed by atoms with van der Waals surface area (Å²) < 4.78 is 4.80. The van der Waals surface area contributed by atoms with Crippen molar-refractivity contribution in [3.05, 3.63) is 59.2 Å². The van der Waals surface area contributed by atoms with E-state index in [2.05, 4.69) is 0 Å². The summed E-state index contributed by atoms with van der Waals surface area (Å²) >= 11 is 0. The molecule has 0 saturated heterocycles. The molecule has 2 aromatic carbocycles. The molecular weight excluding hydrogens is 306 g/mol. The zero-order valence-electron chi connectivity index (χ0n) is 13.9. The molecule has 6 nitrogen and oxygen atoms in total. The van der Waals surface area contributed by atoms with Gasteiger partial charge in [0.25, 0.3) is 0 Å². The van der Waals surface area contributed by atoms with Crippen LogP contribution >= 0.6 is 0 Å². The molecule has 0 bridgehead atoms. The van der Waals surface area contributed by atoms with Gasteiger partial charge in [-0.05, 0) is 30.2 Å². The molecule has 0 aromatic heterocycles. The van der Waals surface area contributed by atoms with Gasteiger partial charge in [-0.2, -0.15) is 0 Å². The molecule has 0 amide bonds. The number of fused-ring (bicyclic) bond motifs is 1. The topological polar surface area (TPSA) is 68.0 Å². The zero-order valence-corrected chi connectivity index (χ0v) is 13.9. The Morgan fingerprint density at radius 2 is 2.00 bits per heavy atom. The molecule has 0 radical (unpaired) electrons. The molecule has 126 valence electrons. The zero-order chi connectivity index (χ0) is 17.1. The standard InChI is InChI=1S/C18H21N3O3/c1-3-20-17-10-15(18(22)23-2)16(19)9-14(17)11-21(20)24-12-13-7-5-4-6-8-13/h4-10H,3,11-12,19H2,1-2H3. The number of hydrazine groups is 1. The Bertz CT molecular complexity index is 734. The first-order valence-corrected chi connectivity index (χ1v) is 7.86. The van der Waals surface area contributed by atoms with Crippen LogP contribution in [0.25, 0.3) is 0 Å². The van der Waals surface area contributed by atoms with Crippen LogP contribution in [0, 0.1) is 0 Å². The maximum absolute atomic E-state index is 11.9. The summed E-state index contributed by atoms with van der Waals surface area (Å²) in [6.07, 6.45) is 0. The number of hydrogen-bond acceptors (Lipinski definition) is 6. The van der Waals surface area contributed by atoms with E-state index >= 15 is 0 Å². The van der Waals surface area contributed by atoms with Gasteiger partial charge in [-0.3, -0.25) is 9.85 Å². The third-order valence-electron chi connectivity index (χ3n) is 4.03. The molecule has 3 rings (SSSR count). The van der Waals surface area contributed by atoms with Gasteiger partial charge in [0.1, 0.15) is 0 Å². The number of nitrogen functional groups attached to an aromatic ring is 1. The van der Waals surface area contributed by atoms with Crippen LogP contribution in [0.2, 0.25) is 0 Å². The number of nitrogens with two attached hydrogens (primary N) is 1. The lowest BCUT2D eigenvalue weighted by Crippen LogP contribution is -2.37. The summed E-state index contributed by atoms with van der Waals surface area (Å²) in [5.41, 5.74) is 9.82. The maximum Gasteiger partial charge on any atom is 0.340 e. The van der Waals surface area contributed by atoms with Gasteiger partial charge < -0.3 is 10.5 Å². The van der Waals surface area contributed by atoms with Crippen molar-refractivity contribution < 1.29 is 14.4 Å². The molecule has 0 unspecified atom stereocenters. The summed E-state index contributed by atoms with van der Waals surface area (Å²) in [5, 5.41) is 3.79. The third-order valence-corrected chi connectivity index (χ3v) is 4.03. The van der Waals surface area contributed by atoms with Gasteiger partial charge in [-0.25, -0.2) is 4.79 Å². The highest BCUT2D eigenvalue weighted by molar-refractivity contribution is 5.96. The van der Waals surface area contributed by atoms with E-state index in [4.69, 9.17) is 15.3 Å². The smallest absolute Gasteiger partial charge is 0.340 e. The lowest BCUT2D eigenvalue weighted by molar-refractivity contribution is -0.178. The van der Waals surface area contributed by atoms with Crippen molar-refractivity contribution in [2.75, 3.05) is 24.4 Å². The number of hydrogen-bond donors (Lipinski definition) is 1. The van der Waals surface area contributed by atoms with E-state index in [0.717, 1.165) is 16.8 Å². The molecular formula is C18H21N3O3. The summed E-state index contributed by atoms with van der Waals surface area (Å²) in [4.78, 5) is 17.8. The number of nitrogens with zero attached hydrogens (tertiary/aromatic N) is 2. The Kier molecular flexibility index (Phi) is 4.69. The first-order valence-electron chi connectivity index (χ1n) is 7.86. The first-order chi connectivity index (χ1) is 11.6. The van der Waals surface area contributed by atoms with Crippen molar-refractivity contribution in [3.63, 3.8) is 0 Å². The average molecular weight is 327 g/mol. The fraction of sp³-hybridized carbons (Fsp3) is 0.278. The largest absolute Gasteiger partial charge is 0.465 e. The van der Waals surface area contributed by atoms with Crippen LogP contribution in [0.5, 0.6) is 0 Å². The van der Waals surface area contributed by atoms with E-state index in [1.165, 1.54) is 7.11 Å². The van der Waals surface area contributed by atoms with Crippen LogP contribution in [0.3, 0.4) is 0 Å². The van der Waals surface area contributed by atoms with Crippen LogP contribution in [-0.2, 0) is 22.7 Å². The number of anilines is 2. The molecule has 1 aliphatic heterocycles. The molecule has 24 heavy (non-hydrogen) atoms. The van der Waals surface area contributed by atoms with Crippen LogP contribution in [0.15, 0.2) is 42.5 Å². The third kappa shape index (κ3) is 3.06. The predicted molar refractivity (Wildman–Crippen MR) is 92.0 cm³/mol. The number of ether oxygens (including phenoxy) is 1. The summed E-state index contributed by atoms with van der Waals surface area (Å²) in [6.45, 7) is 3.81. The Labute approximate surface area is 141 Å². The second-order valence-corrected chi connectivity index (χ2v) is 5.54. The molecule has 6 heteroatoms. The summed E-state index contributed by atoms with van der Waals surface area (Å²) in [7, 11) is 1.35. The minimum absolute atomic E-state index is 0.375. The van der Waals surface area contributed by atoms with Crippen molar-refractivity contribution in [2.24, 2.45) is 0 Å². The molecule has 0 fully saturated rings. The second kappa shape index (κ2) is 6.90. The molecule has 2 N–H and O–H groups in total. The van der Waals surface area contributed by atoms with E-state index in [0.29, 0.717) is 30.9 Å². The highest BCUT2D eigenvalue weighted by Crippen LogP contribution is 2.35. The number of methoxy groups -OCH3 is 1. The van der Waals surface area contributed by atoms with Crippen LogP contribution in [-0.4, -0.2) is 24.8 Å². The Balaban J connectivity index is 1.81. The molecule has 0 saturated carbocycles. The minimum Gasteiger partial charge on any atom is -0.465 e.